The lowest BCUT2D eigenvalue weighted by atomic mass is 10.1. The maximum absolute atomic E-state index is 12.7. The van der Waals surface area contributed by atoms with Gasteiger partial charge in [0.15, 0.2) is 6.61 Å². The third kappa shape index (κ3) is 2.04. The smallest absolute Gasteiger partial charge is 0.417 e. The first kappa shape index (κ1) is 11.3. The molecule has 0 aliphatic heterocycles. The molecule has 0 amide bonds. The molecule has 1 aromatic heterocycles. The molecule has 88 valence electrons. The second-order valence-electron chi connectivity index (χ2n) is 3.32. The minimum atomic E-state index is -4.41. The normalized spacial score (nSPS) is 11.4. The van der Waals surface area contributed by atoms with E-state index in [0.717, 1.165) is 6.07 Å². The Morgan fingerprint density at radius 1 is 1.29 bits per heavy atom. The van der Waals surface area contributed by atoms with Crippen LogP contribution in [0, 0.1) is 11.3 Å². The summed E-state index contributed by atoms with van der Waals surface area (Å²) >= 11 is 0. The predicted octanol–water partition coefficient (Wildman–Crippen LogP) is 3.09. The molecule has 3 nitrogen and oxygen atoms in total. The molecule has 0 fully saturated rings. The number of alkyl halides is 3. The number of halogens is 3. The van der Waals surface area contributed by atoms with Crippen LogP contribution in [0.2, 0.25) is 0 Å². The summed E-state index contributed by atoms with van der Waals surface area (Å²) in [6, 6.07) is 5.24. The van der Waals surface area contributed by atoms with Crippen molar-refractivity contribution in [3.63, 3.8) is 0 Å². The zero-order valence-corrected chi connectivity index (χ0v) is 8.51. The Morgan fingerprint density at radius 3 is 2.71 bits per heavy atom. The fourth-order valence-electron chi connectivity index (χ4n) is 1.61. The first-order chi connectivity index (χ1) is 8.04. The summed E-state index contributed by atoms with van der Waals surface area (Å²) in [5.41, 5.74) is -0.479. The van der Waals surface area contributed by atoms with E-state index in [0.29, 0.717) is 0 Å². The zero-order valence-electron chi connectivity index (χ0n) is 8.51. The lowest BCUT2D eigenvalue weighted by Gasteiger charge is -2.10. The van der Waals surface area contributed by atoms with Gasteiger partial charge in [0.2, 0.25) is 0 Å². The van der Waals surface area contributed by atoms with Gasteiger partial charge in [0.1, 0.15) is 11.8 Å². The fraction of sp³-hybridized carbons (Fsp3) is 0.182. The third-order valence-electron chi connectivity index (χ3n) is 2.28. The second kappa shape index (κ2) is 4.01. The molecule has 2 aromatic rings. The molecule has 0 atom stereocenters. The molecular weight excluding hydrogens is 233 g/mol. The molecule has 0 aliphatic carbocycles. The van der Waals surface area contributed by atoms with Crippen LogP contribution in [0.5, 0.6) is 5.75 Å². The van der Waals surface area contributed by atoms with Crippen molar-refractivity contribution in [3.8, 4) is 11.8 Å². The fourth-order valence-corrected chi connectivity index (χ4v) is 1.61. The minimum absolute atomic E-state index is 0.0351. The van der Waals surface area contributed by atoms with Gasteiger partial charge >= 0.3 is 6.18 Å². The van der Waals surface area contributed by atoms with Crippen molar-refractivity contribution in [3.05, 3.63) is 30.0 Å². The van der Waals surface area contributed by atoms with Crippen LogP contribution in [0.25, 0.3) is 10.9 Å². The monoisotopic (exact) mass is 240 g/mol. The largest absolute Gasteiger partial charge is 0.477 e. The van der Waals surface area contributed by atoms with E-state index in [-0.39, 0.29) is 23.3 Å². The first-order valence-corrected chi connectivity index (χ1v) is 4.71. The average Bonchev–Trinajstić information content (AvgIpc) is 2.72. The number of nitriles is 1. The molecule has 6 heteroatoms. The number of rotatable bonds is 2. The standard InChI is InChI=1S/C11H7F3N2O/c12-11(13,14)8-1-2-9(17-6-4-15)10-7(8)3-5-16-10/h1-3,5,16H,6H2. The Kier molecular flexibility index (Phi) is 2.68. The van der Waals surface area contributed by atoms with Crippen molar-refractivity contribution >= 4 is 10.9 Å². The van der Waals surface area contributed by atoms with E-state index in [1.54, 1.807) is 6.07 Å². The topological polar surface area (TPSA) is 48.8 Å². The highest BCUT2D eigenvalue weighted by molar-refractivity contribution is 5.88. The van der Waals surface area contributed by atoms with Gasteiger partial charge in [-0.05, 0) is 18.2 Å². The maximum Gasteiger partial charge on any atom is 0.417 e. The lowest BCUT2D eigenvalue weighted by molar-refractivity contribution is -0.136. The van der Waals surface area contributed by atoms with Crippen molar-refractivity contribution in [1.82, 2.24) is 4.98 Å². The highest BCUT2D eigenvalue weighted by atomic mass is 19.4. The van der Waals surface area contributed by atoms with E-state index < -0.39 is 11.7 Å². The number of aromatic nitrogens is 1. The van der Waals surface area contributed by atoms with E-state index in [9.17, 15) is 13.2 Å². The van der Waals surface area contributed by atoms with Crippen molar-refractivity contribution in [2.45, 2.75) is 6.18 Å². The number of hydrogen-bond acceptors (Lipinski definition) is 2. The van der Waals surface area contributed by atoms with Gasteiger partial charge in [-0.1, -0.05) is 0 Å². The van der Waals surface area contributed by atoms with Gasteiger partial charge in [-0.15, -0.1) is 0 Å². The number of ether oxygens (including phenoxy) is 1. The quantitative estimate of drug-likeness (QED) is 0.876. The summed E-state index contributed by atoms with van der Waals surface area (Å²) in [6.45, 7) is -0.209. The summed E-state index contributed by atoms with van der Waals surface area (Å²) in [5, 5.41) is 8.40. The van der Waals surface area contributed by atoms with Crippen LogP contribution in [0.4, 0.5) is 13.2 Å². The Bertz CT molecular complexity index is 580. The molecule has 0 aliphatic rings. The van der Waals surface area contributed by atoms with Gasteiger partial charge in [0.25, 0.3) is 0 Å². The van der Waals surface area contributed by atoms with Gasteiger partial charge in [-0.25, -0.2) is 0 Å². The predicted molar refractivity (Wildman–Crippen MR) is 54.4 cm³/mol. The summed E-state index contributed by atoms with van der Waals surface area (Å²) < 4.78 is 43.1. The average molecular weight is 240 g/mol. The Morgan fingerprint density at radius 2 is 2.06 bits per heavy atom. The van der Waals surface area contributed by atoms with Crippen LogP contribution in [0.15, 0.2) is 24.4 Å². The third-order valence-corrected chi connectivity index (χ3v) is 2.28. The molecule has 17 heavy (non-hydrogen) atoms. The summed E-state index contributed by atoms with van der Waals surface area (Å²) in [6.07, 6.45) is -3.01. The van der Waals surface area contributed by atoms with E-state index in [1.807, 2.05) is 0 Å². The number of benzene rings is 1. The highest BCUT2D eigenvalue weighted by Gasteiger charge is 2.33. The van der Waals surface area contributed by atoms with E-state index in [1.165, 1.54) is 18.3 Å². The van der Waals surface area contributed by atoms with Crippen LogP contribution in [-0.2, 0) is 6.18 Å². The molecule has 0 spiro atoms. The Labute approximate surface area is 94.4 Å². The van der Waals surface area contributed by atoms with E-state index in [4.69, 9.17) is 10.00 Å². The van der Waals surface area contributed by atoms with Gasteiger partial charge < -0.3 is 9.72 Å². The van der Waals surface area contributed by atoms with E-state index >= 15 is 0 Å². The molecule has 0 saturated carbocycles. The minimum Gasteiger partial charge on any atom is -0.477 e. The molecule has 0 bridgehead atoms. The number of aromatic amines is 1. The molecule has 0 saturated heterocycles. The lowest BCUT2D eigenvalue weighted by Crippen LogP contribution is -2.05. The number of H-pyrrole nitrogens is 1. The van der Waals surface area contributed by atoms with Crippen molar-refractivity contribution in [2.75, 3.05) is 6.61 Å². The molecular formula is C11H7F3N2O. The van der Waals surface area contributed by atoms with Crippen molar-refractivity contribution in [2.24, 2.45) is 0 Å². The Hall–Kier alpha value is -2.16. The van der Waals surface area contributed by atoms with Crippen LogP contribution in [0.1, 0.15) is 5.56 Å². The molecule has 0 radical (unpaired) electrons. The molecule has 2 rings (SSSR count). The number of hydrogen-bond donors (Lipinski definition) is 1. The molecule has 1 N–H and O–H groups in total. The summed E-state index contributed by atoms with van der Waals surface area (Å²) in [5.74, 6) is 0.236. The van der Waals surface area contributed by atoms with Gasteiger partial charge in [-0.2, -0.15) is 18.4 Å². The van der Waals surface area contributed by atoms with Crippen molar-refractivity contribution < 1.29 is 17.9 Å². The summed E-state index contributed by atoms with van der Waals surface area (Å²) in [7, 11) is 0. The number of nitrogens with zero attached hydrogens (tertiary/aromatic N) is 1. The van der Waals surface area contributed by atoms with Crippen molar-refractivity contribution in [1.29, 1.82) is 5.26 Å². The summed E-state index contributed by atoms with van der Waals surface area (Å²) in [4.78, 5) is 2.68. The van der Waals surface area contributed by atoms with Crippen LogP contribution < -0.4 is 4.74 Å². The Balaban J connectivity index is 2.56. The molecule has 1 heterocycles. The highest BCUT2D eigenvalue weighted by Crippen LogP contribution is 2.37. The maximum atomic E-state index is 12.7. The van der Waals surface area contributed by atoms with Crippen LogP contribution in [-0.4, -0.2) is 11.6 Å². The van der Waals surface area contributed by atoms with Gasteiger partial charge in [-0.3, -0.25) is 0 Å². The first-order valence-electron chi connectivity index (χ1n) is 4.71. The second-order valence-corrected chi connectivity index (χ2v) is 3.32. The number of fused-ring (bicyclic) bond motifs is 1. The molecule has 0 unspecified atom stereocenters. The van der Waals surface area contributed by atoms with Gasteiger partial charge in [0, 0.05) is 11.6 Å². The van der Waals surface area contributed by atoms with Gasteiger partial charge in [0.05, 0.1) is 11.1 Å². The van der Waals surface area contributed by atoms with Crippen LogP contribution in [0.3, 0.4) is 0 Å². The molecule has 1 aromatic carbocycles. The SMILES string of the molecule is N#CCOc1ccc(C(F)(F)F)c2cc[nH]c12. The zero-order chi connectivity index (χ0) is 12.5. The van der Waals surface area contributed by atoms with E-state index in [2.05, 4.69) is 4.98 Å². The van der Waals surface area contributed by atoms with Crippen LogP contribution >= 0.6 is 0 Å². The number of nitrogens with one attached hydrogen (secondary N) is 1.